The van der Waals surface area contributed by atoms with Crippen molar-refractivity contribution in [2.45, 2.75) is 18.6 Å². The van der Waals surface area contributed by atoms with Gasteiger partial charge in [0.1, 0.15) is 16.9 Å². The fourth-order valence-corrected chi connectivity index (χ4v) is 3.24. The second kappa shape index (κ2) is 8.00. The van der Waals surface area contributed by atoms with Crippen LogP contribution in [0, 0.1) is 5.82 Å². The monoisotopic (exact) mass is 356 g/mol. The molecule has 2 N–H and O–H groups in total. The number of thiazole rings is 1. The lowest BCUT2D eigenvalue weighted by molar-refractivity contribution is 0.0828. The topological polar surface area (TPSA) is 62.2 Å². The van der Waals surface area contributed by atoms with Crippen LogP contribution in [0.5, 0.6) is 0 Å². The molecule has 0 saturated heterocycles. The molecule has 1 aromatic heterocycles. The van der Waals surface area contributed by atoms with Gasteiger partial charge in [0.2, 0.25) is 0 Å². The SMILES string of the molecule is O=C(N[C@@H](Cc1ccccc1)[C@H](O)c1nccs1)c1ccccc1F. The number of carbonyl (C=O) groups is 1. The van der Waals surface area contributed by atoms with E-state index < -0.39 is 23.9 Å². The summed E-state index contributed by atoms with van der Waals surface area (Å²) in [4.78, 5) is 16.6. The molecule has 0 spiro atoms. The van der Waals surface area contributed by atoms with Gasteiger partial charge < -0.3 is 10.4 Å². The molecular formula is C19H17FN2O2S. The third-order valence-corrected chi connectivity index (χ3v) is 4.67. The fraction of sp³-hybridized carbons (Fsp3) is 0.158. The van der Waals surface area contributed by atoms with Crippen LogP contribution in [0.2, 0.25) is 0 Å². The Hall–Kier alpha value is -2.57. The van der Waals surface area contributed by atoms with Crippen LogP contribution in [0.15, 0.2) is 66.2 Å². The Morgan fingerprint density at radius 3 is 2.56 bits per heavy atom. The number of nitrogens with one attached hydrogen (secondary N) is 1. The van der Waals surface area contributed by atoms with Crippen molar-refractivity contribution in [3.8, 4) is 0 Å². The van der Waals surface area contributed by atoms with Crippen LogP contribution < -0.4 is 5.32 Å². The van der Waals surface area contributed by atoms with E-state index in [-0.39, 0.29) is 5.56 Å². The average molecular weight is 356 g/mol. The van der Waals surface area contributed by atoms with Crippen molar-refractivity contribution >= 4 is 17.2 Å². The predicted molar refractivity (Wildman–Crippen MR) is 94.9 cm³/mol. The second-order valence-electron chi connectivity index (χ2n) is 5.56. The van der Waals surface area contributed by atoms with Gasteiger partial charge in [0.25, 0.3) is 5.91 Å². The number of halogens is 1. The first-order chi connectivity index (χ1) is 12.1. The van der Waals surface area contributed by atoms with E-state index in [0.717, 1.165) is 5.56 Å². The Morgan fingerprint density at radius 1 is 1.16 bits per heavy atom. The molecule has 0 aliphatic carbocycles. The summed E-state index contributed by atoms with van der Waals surface area (Å²) >= 11 is 1.31. The summed E-state index contributed by atoms with van der Waals surface area (Å²) in [6.07, 6.45) is 1.03. The van der Waals surface area contributed by atoms with Crippen LogP contribution in [-0.2, 0) is 6.42 Å². The molecule has 0 unspecified atom stereocenters. The van der Waals surface area contributed by atoms with Gasteiger partial charge in [0.05, 0.1) is 11.6 Å². The zero-order valence-corrected chi connectivity index (χ0v) is 14.1. The van der Waals surface area contributed by atoms with Gasteiger partial charge in [0, 0.05) is 11.6 Å². The standard InChI is InChI=1S/C19H17FN2O2S/c20-15-9-5-4-8-14(15)18(24)22-16(12-13-6-2-1-3-7-13)17(23)19-21-10-11-25-19/h1-11,16-17,23H,12H2,(H,22,24)/t16-,17-/m0/s1. The van der Waals surface area contributed by atoms with Crippen LogP contribution in [0.3, 0.4) is 0 Å². The quantitative estimate of drug-likeness (QED) is 0.712. The first-order valence-electron chi connectivity index (χ1n) is 7.82. The molecule has 3 rings (SSSR count). The van der Waals surface area contributed by atoms with Crippen molar-refractivity contribution in [1.29, 1.82) is 0 Å². The highest BCUT2D eigenvalue weighted by atomic mass is 32.1. The fourth-order valence-electron chi connectivity index (χ4n) is 2.55. The summed E-state index contributed by atoms with van der Waals surface area (Å²) in [7, 11) is 0. The summed E-state index contributed by atoms with van der Waals surface area (Å²) in [5, 5.41) is 15.7. The number of nitrogens with zero attached hydrogens (tertiary/aromatic N) is 1. The van der Waals surface area contributed by atoms with E-state index in [1.165, 1.54) is 29.5 Å². The third-order valence-electron chi connectivity index (χ3n) is 3.82. The minimum atomic E-state index is -0.976. The second-order valence-corrected chi connectivity index (χ2v) is 6.49. The first kappa shape index (κ1) is 17.3. The maximum atomic E-state index is 13.9. The molecule has 0 fully saturated rings. The molecule has 25 heavy (non-hydrogen) atoms. The number of carbonyl (C=O) groups excluding carboxylic acids is 1. The van der Waals surface area contributed by atoms with E-state index in [1.54, 1.807) is 17.6 Å². The number of rotatable bonds is 6. The number of hydrogen-bond donors (Lipinski definition) is 2. The van der Waals surface area contributed by atoms with Gasteiger partial charge in [0.15, 0.2) is 0 Å². The van der Waals surface area contributed by atoms with Gasteiger partial charge in [-0.1, -0.05) is 42.5 Å². The Kier molecular flexibility index (Phi) is 5.53. The molecule has 2 aromatic carbocycles. The van der Waals surface area contributed by atoms with E-state index in [1.807, 2.05) is 30.3 Å². The molecule has 1 amide bonds. The highest BCUT2D eigenvalue weighted by molar-refractivity contribution is 7.09. The van der Waals surface area contributed by atoms with Crippen LogP contribution in [0.25, 0.3) is 0 Å². The third kappa shape index (κ3) is 4.29. The normalized spacial score (nSPS) is 13.2. The molecule has 0 saturated carbocycles. The molecule has 6 heteroatoms. The van der Waals surface area contributed by atoms with Crippen molar-refractivity contribution < 1.29 is 14.3 Å². The number of amides is 1. The molecule has 3 aromatic rings. The molecule has 2 atom stereocenters. The van der Waals surface area contributed by atoms with E-state index in [0.29, 0.717) is 11.4 Å². The Bertz CT molecular complexity index is 824. The Morgan fingerprint density at radius 2 is 1.88 bits per heavy atom. The highest BCUT2D eigenvalue weighted by Gasteiger charge is 2.26. The lowest BCUT2D eigenvalue weighted by Gasteiger charge is -2.23. The minimum absolute atomic E-state index is 0.0492. The molecule has 0 bridgehead atoms. The number of aliphatic hydroxyl groups is 1. The summed E-state index contributed by atoms with van der Waals surface area (Å²) in [6, 6.07) is 14.7. The van der Waals surface area contributed by atoms with Crippen LogP contribution in [-0.4, -0.2) is 22.0 Å². The molecule has 4 nitrogen and oxygen atoms in total. The van der Waals surface area contributed by atoms with Crippen LogP contribution in [0.4, 0.5) is 4.39 Å². The minimum Gasteiger partial charge on any atom is -0.384 e. The van der Waals surface area contributed by atoms with E-state index in [4.69, 9.17) is 0 Å². The van der Waals surface area contributed by atoms with E-state index in [9.17, 15) is 14.3 Å². The summed E-state index contributed by atoms with van der Waals surface area (Å²) in [5.74, 6) is -1.16. The van der Waals surface area contributed by atoms with Crippen molar-refractivity contribution in [2.24, 2.45) is 0 Å². The van der Waals surface area contributed by atoms with Gasteiger partial charge in [-0.3, -0.25) is 4.79 Å². The Balaban J connectivity index is 1.83. The molecule has 1 heterocycles. The summed E-state index contributed by atoms with van der Waals surface area (Å²) in [5.41, 5.74) is 0.906. The van der Waals surface area contributed by atoms with Gasteiger partial charge in [-0.15, -0.1) is 11.3 Å². The first-order valence-corrected chi connectivity index (χ1v) is 8.70. The van der Waals surface area contributed by atoms with Crippen molar-refractivity contribution in [3.05, 3.63) is 88.1 Å². The van der Waals surface area contributed by atoms with Crippen molar-refractivity contribution in [2.75, 3.05) is 0 Å². The van der Waals surface area contributed by atoms with Crippen LogP contribution >= 0.6 is 11.3 Å². The molecule has 0 aliphatic rings. The number of benzene rings is 2. The average Bonchev–Trinajstić information content (AvgIpc) is 3.16. The van der Waals surface area contributed by atoms with E-state index in [2.05, 4.69) is 10.3 Å². The summed E-state index contributed by atoms with van der Waals surface area (Å²) in [6.45, 7) is 0. The Labute approximate surface area is 149 Å². The maximum absolute atomic E-state index is 13.9. The van der Waals surface area contributed by atoms with Gasteiger partial charge >= 0.3 is 0 Å². The van der Waals surface area contributed by atoms with Gasteiger partial charge in [-0.25, -0.2) is 9.37 Å². The number of hydrogen-bond acceptors (Lipinski definition) is 4. The predicted octanol–water partition coefficient (Wildman–Crippen LogP) is 3.36. The zero-order chi connectivity index (χ0) is 17.6. The van der Waals surface area contributed by atoms with Crippen molar-refractivity contribution in [3.63, 3.8) is 0 Å². The molecule has 128 valence electrons. The molecule has 0 aliphatic heterocycles. The lowest BCUT2D eigenvalue weighted by atomic mass is 10.0. The molecular weight excluding hydrogens is 339 g/mol. The maximum Gasteiger partial charge on any atom is 0.254 e. The van der Waals surface area contributed by atoms with Gasteiger partial charge in [-0.05, 0) is 24.1 Å². The number of aliphatic hydroxyl groups excluding tert-OH is 1. The zero-order valence-electron chi connectivity index (χ0n) is 13.3. The van der Waals surface area contributed by atoms with Crippen LogP contribution in [0.1, 0.15) is 27.0 Å². The summed E-state index contributed by atoms with van der Waals surface area (Å²) < 4.78 is 13.9. The smallest absolute Gasteiger partial charge is 0.254 e. The largest absolute Gasteiger partial charge is 0.384 e. The highest BCUT2D eigenvalue weighted by Crippen LogP contribution is 2.22. The van der Waals surface area contributed by atoms with Gasteiger partial charge in [-0.2, -0.15) is 0 Å². The number of aromatic nitrogens is 1. The van der Waals surface area contributed by atoms with Crippen molar-refractivity contribution in [1.82, 2.24) is 10.3 Å². The molecule has 0 radical (unpaired) electrons. The van der Waals surface area contributed by atoms with E-state index >= 15 is 0 Å². The lowest BCUT2D eigenvalue weighted by Crippen LogP contribution is -2.41.